The third-order valence-corrected chi connectivity index (χ3v) is 3.97. The van der Waals surface area contributed by atoms with E-state index in [1.807, 2.05) is 0 Å². The van der Waals surface area contributed by atoms with Crippen LogP contribution in [0, 0.1) is 6.08 Å². The summed E-state index contributed by atoms with van der Waals surface area (Å²) >= 11 is 0. The Kier molecular flexibility index (Phi) is 4.35. The highest BCUT2D eigenvalue weighted by Crippen LogP contribution is 2.28. The number of allylic oxidation sites excluding steroid dienone is 1. The summed E-state index contributed by atoms with van der Waals surface area (Å²) in [6.07, 6.45) is 10.7. The molecule has 0 atom stereocenters. The van der Waals surface area contributed by atoms with E-state index in [1.165, 1.54) is 46.4 Å². The molecule has 0 aliphatic heterocycles. The van der Waals surface area contributed by atoms with Crippen molar-refractivity contribution in [1.82, 2.24) is 0 Å². The Labute approximate surface area is 127 Å². The molecule has 0 spiro atoms. The van der Waals surface area contributed by atoms with Crippen LogP contribution in [0.4, 0.5) is 0 Å². The zero-order valence-corrected chi connectivity index (χ0v) is 12.6. The molecule has 0 aromatic heterocycles. The molecule has 3 rings (SSSR count). The van der Waals surface area contributed by atoms with Crippen molar-refractivity contribution < 1.29 is 0 Å². The van der Waals surface area contributed by atoms with Crippen molar-refractivity contribution in [1.29, 1.82) is 0 Å². The molecule has 1 radical (unpaired) electrons. The Bertz CT molecular complexity index is 711. The highest BCUT2D eigenvalue weighted by molar-refractivity contribution is 6.03. The standard InChI is InChI=1S/C21H21/c1-2-3-4-5-6-15-21-19-13-9-7-11-17(19)16-18-12-8-10-14-20(18)21/h6-14,16H,2-5H2,1H3. The second-order valence-corrected chi connectivity index (χ2v) is 5.54. The summed E-state index contributed by atoms with van der Waals surface area (Å²) in [6, 6.07) is 19.5. The van der Waals surface area contributed by atoms with E-state index in [2.05, 4.69) is 73.7 Å². The summed E-state index contributed by atoms with van der Waals surface area (Å²) in [5.74, 6) is 0. The predicted molar refractivity (Wildman–Crippen MR) is 92.5 cm³/mol. The number of benzene rings is 3. The minimum Gasteiger partial charge on any atom is -0.0760 e. The number of hydrogen-bond donors (Lipinski definition) is 0. The first-order chi connectivity index (χ1) is 10.4. The number of unbranched alkanes of at least 4 members (excludes halogenated alkanes) is 3. The maximum absolute atomic E-state index is 3.56. The fraction of sp³-hybridized carbons (Fsp3) is 0.238. The molecule has 0 saturated heterocycles. The molecule has 0 saturated carbocycles. The normalized spacial score (nSPS) is 11.7. The molecule has 0 unspecified atom stereocenters. The molecule has 21 heavy (non-hydrogen) atoms. The second-order valence-electron chi connectivity index (χ2n) is 5.54. The minimum atomic E-state index is 1.12. The van der Waals surface area contributed by atoms with E-state index in [0.717, 1.165) is 6.42 Å². The van der Waals surface area contributed by atoms with E-state index in [4.69, 9.17) is 0 Å². The van der Waals surface area contributed by atoms with Crippen LogP contribution in [0.2, 0.25) is 0 Å². The van der Waals surface area contributed by atoms with Gasteiger partial charge in [-0.15, -0.1) is 0 Å². The van der Waals surface area contributed by atoms with Gasteiger partial charge < -0.3 is 0 Å². The van der Waals surface area contributed by atoms with Crippen LogP contribution in [0.3, 0.4) is 0 Å². The predicted octanol–water partition coefficient (Wildman–Crippen LogP) is 6.28. The van der Waals surface area contributed by atoms with Crippen LogP contribution in [0.5, 0.6) is 0 Å². The van der Waals surface area contributed by atoms with Crippen LogP contribution < -0.4 is 0 Å². The van der Waals surface area contributed by atoms with Gasteiger partial charge in [-0.1, -0.05) is 74.4 Å². The topological polar surface area (TPSA) is 0 Å². The lowest BCUT2D eigenvalue weighted by atomic mass is 9.96. The molecule has 0 bridgehead atoms. The van der Waals surface area contributed by atoms with E-state index >= 15 is 0 Å². The molecule has 3 aromatic rings. The van der Waals surface area contributed by atoms with Gasteiger partial charge in [0.15, 0.2) is 0 Å². The third kappa shape index (κ3) is 3.00. The van der Waals surface area contributed by atoms with Crippen molar-refractivity contribution in [3.05, 3.63) is 72.3 Å². The lowest BCUT2D eigenvalue weighted by Crippen LogP contribution is -1.84. The van der Waals surface area contributed by atoms with Crippen LogP contribution in [0.15, 0.2) is 60.7 Å². The molecule has 0 aliphatic rings. The Morgan fingerprint density at radius 3 is 2.10 bits per heavy atom. The third-order valence-electron chi connectivity index (χ3n) is 3.97. The molecular formula is C21H21. The lowest BCUT2D eigenvalue weighted by molar-refractivity contribution is 0.728. The van der Waals surface area contributed by atoms with Gasteiger partial charge in [0, 0.05) is 0 Å². The zero-order chi connectivity index (χ0) is 14.5. The first kappa shape index (κ1) is 13.9. The molecule has 0 N–H and O–H groups in total. The summed E-state index contributed by atoms with van der Waals surface area (Å²) in [5.41, 5.74) is 1.24. The largest absolute Gasteiger partial charge is 0.0760 e. The van der Waals surface area contributed by atoms with Crippen molar-refractivity contribution in [2.45, 2.75) is 32.6 Å². The molecule has 0 heteroatoms. The average molecular weight is 273 g/mol. The summed E-state index contributed by atoms with van der Waals surface area (Å²) in [6.45, 7) is 2.24. The number of rotatable bonds is 5. The second kappa shape index (κ2) is 6.58. The fourth-order valence-corrected chi connectivity index (χ4v) is 2.84. The summed E-state index contributed by atoms with van der Waals surface area (Å²) in [7, 11) is 0. The van der Waals surface area contributed by atoms with Crippen molar-refractivity contribution in [3.63, 3.8) is 0 Å². The van der Waals surface area contributed by atoms with E-state index in [0.29, 0.717) is 0 Å². The van der Waals surface area contributed by atoms with Gasteiger partial charge in [-0.3, -0.25) is 0 Å². The van der Waals surface area contributed by atoms with Gasteiger partial charge in [0.05, 0.1) is 0 Å². The molecule has 0 amide bonds. The Hall–Kier alpha value is -2.08. The Morgan fingerprint density at radius 1 is 0.857 bits per heavy atom. The van der Waals surface area contributed by atoms with E-state index in [-0.39, 0.29) is 0 Å². The fourth-order valence-electron chi connectivity index (χ4n) is 2.84. The van der Waals surface area contributed by atoms with Gasteiger partial charge in [0.25, 0.3) is 0 Å². The first-order valence-corrected chi connectivity index (χ1v) is 7.89. The van der Waals surface area contributed by atoms with Gasteiger partial charge in [-0.05, 0) is 52.1 Å². The maximum atomic E-state index is 3.56. The monoisotopic (exact) mass is 273 g/mol. The SMILES string of the molecule is CCCCC/C=[C]\c1c2ccccc2cc2ccccc12. The smallest absolute Gasteiger partial charge is 0.00239 e. The summed E-state index contributed by atoms with van der Waals surface area (Å²) < 4.78 is 0. The van der Waals surface area contributed by atoms with Gasteiger partial charge in [-0.2, -0.15) is 0 Å². The average Bonchev–Trinajstić information content (AvgIpc) is 2.53. The molecule has 0 nitrogen and oxygen atoms in total. The van der Waals surface area contributed by atoms with Gasteiger partial charge >= 0.3 is 0 Å². The van der Waals surface area contributed by atoms with Crippen LogP contribution in [0.1, 0.15) is 38.2 Å². The van der Waals surface area contributed by atoms with Gasteiger partial charge in [0.1, 0.15) is 0 Å². The molecule has 0 heterocycles. The van der Waals surface area contributed by atoms with Crippen LogP contribution in [0.25, 0.3) is 21.5 Å². The van der Waals surface area contributed by atoms with Crippen LogP contribution in [-0.4, -0.2) is 0 Å². The molecule has 3 aromatic carbocycles. The highest BCUT2D eigenvalue weighted by atomic mass is 14.1. The van der Waals surface area contributed by atoms with Crippen LogP contribution in [-0.2, 0) is 0 Å². The van der Waals surface area contributed by atoms with E-state index in [1.54, 1.807) is 0 Å². The zero-order valence-electron chi connectivity index (χ0n) is 12.6. The van der Waals surface area contributed by atoms with Gasteiger partial charge in [-0.25, -0.2) is 0 Å². The number of hydrogen-bond acceptors (Lipinski definition) is 0. The van der Waals surface area contributed by atoms with Crippen LogP contribution >= 0.6 is 0 Å². The van der Waals surface area contributed by atoms with Gasteiger partial charge in [0.2, 0.25) is 0 Å². The highest BCUT2D eigenvalue weighted by Gasteiger charge is 2.04. The van der Waals surface area contributed by atoms with Crippen molar-refractivity contribution in [2.75, 3.05) is 0 Å². The molecule has 105 valence electrons. The maximum Gasteiger partial charge on any atom is -0.00239 e. The summed E-state index contributed by atoms with van der Waals surface area (Å²) in [4.78, 5) is 0. The Morgan fingerprint density at radius 2 is 1.48 bits per heavy atom. The number of fused-ring (bicyclic) bond motifs is 2. The Balaban J connectivity index is 2.07. The quantitative estimate of drug-likeness (QED) is 0.379. The minimum absolute atomic E-state index is 1.12. The first-order valence-electron chi connectivity index (χ1n) is 7.89. The van der Waals surface area contributed by atoms with E-state index in [9.17, 15) is 0 Å². The molecule has 0 fully saturated rings. The lowest BCUT2D eigenvalue weighted by Gasteiger charge is -2.07. The molecular weight excluding hydrogens is 252 g/mol. The van der Waals surface area contributed by atoms with Crippen molar-refractivity contribution >= 4 is 21.5 Å². The summed E-state index contributed by atoms with van der Waals surface area (Å²) in [5, 5.41) is 5.17. The molecule has 0 aliphatic carbocycles. The van der Waals surface area contributed by atoms with E-state index < -0.39 is 0 Å². The van der Waals surface area contributed by atoms with Crippen molar-refractivity contribution in [2.24, 2.45) is 0 Å². The van der Waals surface area contributed by atoms with Crippen molar-refractivity contribution in [3.8, 4) is 0 Å².